The van der Waals surface area contributed by atoms with Gasteiger partial charge in [0, 0.05) is 5.54 Å². The minimum atomic E-state index is -0.866. The Morgan fingerprint density at radius 1 is 1.46 bits per heavy atom. The zero-order valence-electron chi connectivity index (χ0n) is 13.3. The Kier molecular flexibility index (Phi) is 4.63. The highest BCUT2D eigenvalue weighted by Gasteiger charge is 2.38. The van der Waals surface area contributed by atoms with E-state index >= 15 is 0 Å². The van der Waals surface area contributed by atoms with Crippen LogP contribution >= 0.6 is 34.7 Å². The van der Waals surface area contributed by atoms with E-state index in [0.717, 1.165) is 4.70 Å². The maximum Gasteiger partial charge on any atom is 0.409 e. The third-order valence-corrected chi connectivity index (χ3v) is 5.46. The molecule has 3 rings (SSSR count). The Morgan fingerprint density at radius 3 is 2.88 bits per heavy atom. The molecule has 1 fully saturated rings. The van der Waals surface area contributed by atoms with E-state index < -0.39 is 17.1 Å². The molecule has 1 saturated heterocycles. The fourth-order valence-electron chi connectivity index (χ4n) is 2.09. The zero-order valence-corrected chi connectivity index (χ0v) is 15.7. The van der Waals surface area contributed by atoms with Crippen LogP contribution in [0.5, 0.6) is 0 Å². The minimum Gasteiger partial charge on any atom is -0.425 e. The molecule has 1 aliphatic rings. The molecule has 1 aromatic heterocycles. The van der Waals surface area contributed by atoms with Crippen molar-refractivity contribution in [2.24, 2.45) is 0 Å². The van der Waals surface area contributed by atoms with Crippen molar-refractivity contribution in [1.29, 1.82) is 0 Å². The van der Waals surface area contributed by atoms with Gasteiger partial charge in [-0.3, -0.25) is 9.69 Å². The zero-order chi connectivity index (χ0) is 17.5. The fraction of sp³-hybridized carbons (Fsp3) is 0.400. The molecular formula is C15H16ClN3O3S2. The predicted octanol–water partition coefficient (Wildman–Crippen LogP) is 3.84. The summed E-state index contributed by atoms with van der Waals surface area (Å²) in [6.07, 6.45) is -0.609. The summed E-state index contributed by atoms with van der Waals surface area (Å²) in [4.78, 5) is 30.3. The molecule has 9 heteroatoms. The van der Waals surface area contributed by atoms with Crippen LogP contribution < -0.4 is 10.2 Å². The molecule has 128 valence electrons. The van der Waals surface area contributed by atoms with Gasteiger partial charge in [-0.25, -0.2) is 9.78 Å². The Hall–Kier alpha value is -1.51. The molecule has 24 heavy (non-hydrogen) atoms. The summed E-state index contributed by atoms with van der Waals surface area (Å²) >= 11 is 8.76. The van der Waals surface area contributed by atoms with Crippen LogP contribution in [0.4, 0.5) is 9.93 Å². The van der Waals surface area contributed by atoms with Gasteiger partial charge in [0.25, 0.3) is 5.91 Å². The lowest BCUT2D eigenvalue weighted by Gasteiger charge is -2.21. The van der Waals surface area contributed by atoms with E-state index in [1.165, 1.54) is 28.0 Å². The van der Waals surface area contributed by atoms with Crippen molar-refractivity contribution in [3.05, 3.63) is 23.2 Å². The SMILES string of the molecule is CC(C)(C)NC(=O)OC1SCN(c2nc3c(Cl)cccc3s2)C1=O. The lowest BCUT2D eigenvalue weighted by Crippen LogP contribution is -2.43. The number of alkyl carbamates (subject to hydrolysis) is 1. The number of ether oxygens (including phenoxy) is 1. The van der Waals surface area contributed by atoms with Gasteiger partial charge in [-0.15, -0.1) is 0 Å². The second-order valence-electron chi connectivity index (χ2n) is 6.26. The number of benzene rings is 1. The van der Waals surface area contributed by atoms with Crippen LogP contribution in [0.1, 0.15) is 20.8 Å². The van der Waals surface area contributed by atoms with E-state index in [2.05, 4.69) is 10.3 Å². The average Bonchev–Trinajstić information content (AvgIpc) is 3.02. The van der Waals surface area contributed by atoms with Crippen molar-refractivity contribution in [2.45, 2.75) is 31.7 Å². The van der Waals surface area contributed by atoms with Crippen LogP contribution in [0.2, 0.25) is 5.02 Å². The number of anilines is 1. The minimum absolute atomic E-state index is 0.292. The van der Waals surface area contributed by atoms with Gasteiger partial charge in [0.15, 0.2) is 5.13 Å². The molecule has 0 saturated carbocycles. The number of thiazole rings is 1. The van der Waals surface area contributed by atoms with E-state index in [1.54, 1.807) is 6.07 Å². The molecule has 0 radical (unpaired) electrons. The standard InChI is InChI=1S/C15H16ClN3O3S2/c1-15(2,3)18-14(21)22-12-11(20)19(7-23-12)13-17-10-8(16)5-4-6-9(10)24-13/h4-6,12H,7H2,1-3H3,(H,18,21). The van der Waals surface area contributed by atoms with Gasteiger partial charge < -0.3 is 10.1 Å². The Bertz CT molecular complexity index is 803. The number of fused-ring (bicyclic) bond motifs is 1. The van der Waals surface area contributed by atoms with Crippen molar-refractivity contribution in [3.8, 4) is 0 Å². The highest BCUT2D eigenvalue weighted by Crippen LogP contribution is 2.37. The van der Waals surface area contributed by atoms with E-state index in [-0.39, 0.29) is 5.91 Å². The van der Waals surface area contributed by atoms with Crippen LogP contribution in [0.3, 0.4) is 0 Å². The molecule has 0 bridgehead atoms. The third kappa shape index (κ3) is 3.60. The maximum atomic E-state index is 12.5. The van der Waals surface area contributed by atoms with Crippen LogP contribution in [-0.4, -0.2) is 33.8 Å². The molecule has 1 N–H and O–H groups in total. The van der Waals surface area contributed by atoms with Crippen molar-refractivity contribution < 1.29 is 14.3 Å². The number of hydrogen-bond donors (Lipinski definition) is 1. The summed E-state index contributed by atoms with van der Waals surface area (Å²) in [5.41, 5.74) is -0.617. The Balaban J connectivity index is 1.73. The van der Waals surface area contributed by atoms with E-state index in [1.807, 2.05) is 32.9 Å². The molecule has 6 nitrogen and oxygen atoms in total. The fourth-order valence-corrected chi connectivity index (χ4v) is 4.40. The first kappa shape index (κ1) is 17.3. The van der Waals surface area contributed by atoms with Crippen LogP contribution in [0, 0.1) is 0 Å². The molecular weight excluding hydrogens is 370 g/mol. The Morgan fingerprint density at radius 2 is 2.21 bits per heavy atom. The first-order valence-electron chi connectivity index (χ1n) is 7.21. The van der Waals surface area contributed by atoms with Gasteiger partial charge in [-0.1, -0.05) is 40.8 Å². The summed E-state index contributed by atoms with van der Waals surface area (Å²) in [6, 6.07) is 5.51. The van der Waals surface area contributed by atoms with Gasteiger partial charge in [-0.05, 0) is 32.9 Å². The second-order valence-corrected chi connectivity index (χ2v) is 8.69. The molecule has 1 aliphatic heterocycles. The molecule has 2 aromatic rings. The molecule has 0 spiro atoms. The number of nitrogens with one attached hydrogen (secondary N) is 1. The van der Waals surface area contributed by atoms with Gasteiger partial charge in [0.05, 0.1) is 15.6 Å². The molecule has 1 atom stereocenters. The summed E-state index contributed by atoms with van der Waals surface area (Å²) in [5.74, 6) is 0.0863. The lowest BCUT2D eigenvalue weighted by atomic mass is 10.1. The van der Waals surface area contributed by atoms with Crippen molar-refractivity contribution in [1.82, 2.24) is 10.3 Å². The number of carbonyl (C=O) groups excluding carboxylic acids is 2. The van der Waals surface area contributed by atoms with Crippen molar-refractivity contribution >= 4 is 62.0 Å². The number of thioether (sulfide) groups is 1. The maximum absolute atomic E-state index is 12.5. The third-order valence-electron chi connectivity index (χ3n) is 3.10. The molecule has 1 unspecified atom stereocenters. The van der Waals surface area contributed by atoms with Gasteiger partial charge in [0.2, 0.25) is 5.44 Å². The number of nitrogens with zero attached hydrogens (tertiary/aromatic N) is 2. The number of amides is 2. The number of halogens is 1. The summed E-state index contributed by atoms with van der Waals surface area (Å²) < 4.78 is 6.13. The first-order valence-corrected chi connectivity index (χ1v) is 9.46. The number of aromatic nitrogens is 1. The molecule has 0 aliphatic carbocycles. The van der Waals surface area contributed by atoms with Crippen LogP contribution in [0.15, 0.2) is 18.2 Å². The van der Waals surface area contributed by atoms with Gasteiger partial charge >= 0.3 is 6.09 Å². The van der Waals surface area contributed by atoms with Gasteiger partial charge in [-0.2, -0.15) is 0 Å². The van der Waals surface area contributed by atoms with E-state index in [4.69, 9.17) is 16.3 Å². The average molecular weight is 386 g/mol. The normalized spacial score (nSPS) is 18.2. The monoisotopic (exact) mass is 385 g/mol. The van der Waals surface area contributed by atoms with Gasteiger partial charge in [0.1, 0.15) is 5.52 Å². The second kappa shape index (κ2) is 6.42. The molecule has 1 aromatic carbocycles. The van der Waals surface area contributed by atoms with Crippen molar-refractivity contribution in [3.63, 3.8) is 0 Å². The highest BCUT2D eigenvalue weighted by molar-refractivity contribution is 8.01. The van der Waals surface area contributed by atoms with Crippen molar-refractivity contribution in [2.75, 3.05) is 10.8 Å². The summed E-state index contributed by atoms with van der Waals surface area (Å²) in [7, 11) is 0. The predicted molar refractivity (Wildman–Crippen MR) is 97.7 cm³/mol. The lowest BCUT2D eigenvalue weighted by molar-refractivity contribution is -0.122. The largest absolute Gasteiger partial charge is 0.425 e. The van der Waals surface area contributed by atoms with Crippen LogP contribution in [-0.2, 0) is 9.53 Å². The quantitative estimate of drug-likeness (QED) is 0.850. The van der Waals surface area contributed by atoms with Crippen LogP contribution in [0.25, 0.3) is 10.2 Å². The Labute approximate surface area is 152 Å². The molecule has 2 amide bonds. The van der Waals surface area contributed by atoms with E-state index in [9.17, 15) is 9.59 Å². The number of para-hydroxylation sites is 1. The number of carbonyl (C=O) groups is 2. The first-order chi connectivity index (χ1) is 11.2. The summed E-state index contributed by atoms with van der Waals surface area (Å²) in [5, 5.41) is 3.78. The smallest absolute Gasteiger partial charge is 0.409 e. The highest BCUT2D eigenvalue weighted by atomic mass is 35.5. The number of hydrogen-bond acceptors (Lipinski definition) is 6. The molecule has 2 heterocycles. The van der Waals surface area contributed by atoms with E-state index in [0.29, 0.717) is 21.5 Å². The number of rotatable bonds is 2. The topological polar surface area (TPSA) is 71.5 Å². The summed E-state index contributed by atoms with van der Waals surface area (Å²) in [6.45, 7) is 5.53.